The molecule has 2 heterocycles. The molecule has 0 fully saturated rings. The number of aromatic nitrogens is 3. The molecule has 0 amide bonds. The van der Waals surface area contributed by atoms with Crippen LogP contribution in [0.5, 0.6) is 0 Å². The lowest BCUT2D eigenvalue weighted by molar-refractivity contribution is -0.144. The van der Waals surface area contributed by atoms with Gasteiger partial charge in [0, 0.05) is 7.05 Å². The first-order valence-electron chi connectivity index (χ1n) is 6.14. The molecule has 1 aliphatic rings. The van der Waals surface area contributed by atoms with Crippen LogP contribution in [0.15, 0.2) is 5.16 Å². The Morgan fingerprint density at radius 2 is 1.62 bits per heavy atom. The van der Waals surface area contributed by atoms with E-state index in [0.717, 1.165) is 20.9 Å². The van der Waals surface area contributed by atoms with Crippen molar-refractivity contribution in [3.63, 3.8) is 0 Å². The summed E-state index contributed by atoms with van der Waals surface area (Å²) in [5.41, 5.74) is -6.24. The van der Waals surface area contributed by atoms with Crippen molar-refractivity contribution in [3.8, 4) is 0 Å². The van der Waals surface area contributed by atoms with Gasteiger partial charge in [0.05, 0.1) is 0 Å². The minimum Gasteiger partial charge on any atom is -0.385 e. The van der Waals surface area contributed by atoms with E-state index in [1.807, 2.05) is 0 Å². The lowest BCUT2D eigenvalue weighted by atomic mass is 10.1. The van der Waals surface area contributed by atoms with Crippen molar-refractivity contribution < 1.29 is 39.6 Å². The molecule has 14 heteroatoms. The van der Waals surface area contributed by atoms with Gasteiger partial charge in [0.1, 0.15) is 0 Å². The number of halogens is 6. The normalized spacial score (nSPS) is 21.5. The molecule has 24 heavy (non-hydrogen) atoms. The molecule has 0 radical (unpaired) electrons. The Morgan fingerprint density at radius 3 is 2.04 bits per heavy atom. The average molecular weight is 380 g/mol. The Hall–Kier alpha value is -1.86. The van der Waals surface area contributed by atoms with Crippen molar-refractivity contribution in [1.82, 2.24) is 15.0 Å². The van der Waals surface area contributed by atoms with Gasteiger partial charge in [0.15, 0.2) is 23.2 Å². The first kappa shape index (κ1) is 18.5. The molecule has 0 saturated heterocycles. The number of alkyl halides is 6. The van der Waals surface area contributed by atoms with Crippen LogP contribution in [0.3, 0.4) is 0 Å². The topological polar surface area (TPSA) is 86.4 Å². The van der Waals surface area contributed by atoms with Crippen molar-refractivity contribution >= 4 is 14.9 Å². The quantitative estimate of drug-likeness (QED) is 0.730. The highest BCUT2D eigenvalue weighted by Gasteiger charge is 2.62. The maximum atomic E-state index is 14.3. The summed E-state index contributed by atoms with van der Waals surface area (Å²) in [5.74, 6) is 0. The third-order valence-electron chi connectivity index (χ3n) is 3.07. The van der Waals surface area contributed by atoms with Crippen LogP contribution < -0.4 is 0 Å². The fourth-order valence-corrected chi connectivity index (χ4v) is 3.14. The standard InChI is InChI=1S/C10H10F6N4O3S/c1-8(2)4(11)7(19-23-8)24(21,22)10(15,16)6-5(9(12,13)14)17-20(3)18-6/h4H,1-3H3. The van der Waals surface area contributed by atoms with Crippen molar-refractivity contribution in [3.05, 3.63) is 11.4 Å². The zero-order valence-corrected chi connectivity index (χ0v) is 13.1. The lowest BCUT2D eigenvalue weighted by Gasteiger charge is -2.20. The van der Waals surface area contributed by atoms with Gasteiger partial charge in [0.2, 0.25) is 5.04 Å². The van der Waals surface area contributed by atoms with Gasteiger partial charge in [-0.2, -0.15) is 31.8 Å². The molecule has 1 unspecified atom stereocenters. The van der Waals surface area contributed by atoms with Crippen LogP contribution in [0.1, 0.15) is 25.2 Å². The number of nitrogens with zero attached hydrogens (tertiary/aromatic N) is 4. The molecule has 0 bridgehead atoms. The summed E-state index contributed by atoms with van der Waals surface area (Å²) in [6.45, 7) is 2.07. The van der Waals surface area contributed by atoms with Crippen molar-refractivity contribution in [2.24, 2.45) is 12.2 Å². The van der Waals surface area contributed by atoms with E-state index in [1.165, 1.54) is 0 Å². The molecule has 0 aliphatic carbocycles. The summed E-state index contributed by atoms with van der Waals surface area (Å²) in [5, 5.41) is 1.33. The maximum absolute atomic E-state index is 14.3. The molecular formula is C10H10F6N4O3S. The largest absolute Gasteiger partial charge is 0.437 e. The Bertz CT molecular complexity index is 798. The van der Waals surface area contributed by atoms with Crippen LogP contribution in [-0.2, 0) is 33.2 Å². The van der Waals surface area contributed by atoms with Crippen molar-refractivity contribution in [2.75, 3.05) is 0 Å². The molecule has 2 rings (SSSR count). The summed E-state index contributed by atoms with van der Waals surface area (Å²) >= 11 is 0. The molecule has 1 aromatic rings. The van der Waals surface area contributed by atoms with Gasteiger partial charge in [-0.25, -0.2) is 12.8 Å². The number of hydrogen-bond acceptors (Lipinski definition) is 6. The fraction of sp³-hybridized carbons (Fsp3) is 0.700. The van der Waals surface area contributed by atoms with Crippen LogP contribution in [0.25, 0.3) is 0 Å². The second-order valence-electron chi connectivity index (χ2n) is 5.39. The highest BCUT2D eigenvalue weighted by atomic mass is 32.2. The third kappa shape index (κ3) is 2.61. The van der Waals surface area contributed by atoms with Gasteiger partial charge in [0.25, 0.3) is 9.84 Å². The molecule has 1 atom stereocenters. The number of oxime groups is 1. The van der Waals surface area contributed by atoms with E-state index in [2.05, 4.69) is 20.2 Å². The zero-order chi connectivity index (χ0) is 18.7. The second kappa shape index (κ2) is 5.07. The highest BCUT2D eigenvalue weighted by Crippen LogP contribution is 2.43. The first-order chi connectivity index (χ1) is 10.6. The minimum atomic E-state index is -5.98. The van der Waals surface area contributed by atoms with Crippen molar-refractivity contribution in [2.45, 2.75) is 37.1 Å². The maximum Gasteiger partial charge on any atom is 0.437 e. The molecule has 136 valence electrons. The van der Waals surface area contributed by atoms with E-state index in [9.17, 15) is 34.8 Å². The molecule has 0 aromatic carbocycles. The Balaban J connectivity index is 2.60. The van der Waals surface area contributed by atoms with Gasteiger partial charge < -0.3 is 4.84 Å². The number of aryl methyl sites for hydroxylation is 1. The average Bonchev–Trinajstić information content (AvgIpc) is 2.91. The molecular weight excluding hydrogens is 370 g/mol. The summed E-state index contributed by atoms with van der Waals surface area (Å²) in [6.07, 6.45) is -8.00. The minimum absolute atomic E-state index is 0.130. The van der Waals surface area contributed by atoms with Crippen LogP contribution >= 0.6 is 0 Å². The molecule has 0 N–H and O–H groups in total. The van der Waals surface area contributed by atoms with Crippen LogP contribution in [0.2, 0.25) is 0 Å². The molecule has 0 saturated carbocycles. The predicted octanol–water partition coefficient (Wildman–Crippen LogP) is 1.76. The van der Waals surface area contributed by atoms with E-state index in [4.69, 9.17) is 0 Å². The first-order valence-corrected chi connectivity index (χ1v) is 7.62. The van der Waals surface area contributed by atoms with Crippen LogP contribution in [0.4, 0.5) is 26.3 Å². The summed E-state index contributed by atoms with van der Waals surface area (Å²) in [7, 11) is -5.19. The summed E-state index contributed by atoms with van der Waals surface area (Å²) in [4.78, 5) is 4.55. The number of hydrogen-bond donors (Lipinski definition) is 0. The fourth-order valence-electron chi connectivity index (χ4n) is 1.79. The monoisotopic (exact) mass is 380 g/mol. The molecule has 1 aromatic heterocycles. The number of sulfone groups is 1. The van der Waals surface area contributed by atoms with Gasteiger partial charge in [-0.15, -0.1) is 5.10 Å². The lowest BCUT2D eigenvalue weighted by Crippen LogP contribution is -2.43. The molecule has 0 spiro atoms. The Morgan fingerprint density at radius 1 is 1.12 bits per heavy atom. The second-order valence-corrected chi connectivity index (χ2v) is 7.33. The van der Waals surface area contributed by atoms with E-state index >= 15 is 0 Å². The van der Waals surface area contributed by atoms with Gasteiger partial charge in [-0.3, -0.25) is 0 Å². The van der Waals surface area contributed by atoms with Gasteiger partial charge >= 0.3 is 11.4 Å². The van der Waals surface area contributed by atoms with E-state index in [1.54, 1.807) is 0 Å². The summed E-state index contributed by atoms with van der Waals surface area (Å²) in [6, 6.07) is 0. The van der Waals surface area contributed by atoms with Gasteiger partial charge in [-0.1, -0.05) is 5.16 Å². The van der Waals surface area contributed by atoms with Crippen LogP contribution in [0, 0.1) is 0 Å². The van der Waals surface area contributed by atoms with E-state index in [0.29, 0.717) is 0 Å². The van der Waals surface area contributed by atoms with E-state index < -0.39 is 49.5 Å². The molecule has 1 aliphatic heterocycles. The third-order valence-corrected chi connectivity index (χ3v) is 4.77. The van der Waals surface area contributed by atoms with Crippen molar-refractivity contribution in [1.29, 1.82) is 0 Å². The molecule has 7 nitrogen and oxygen atoms in total. The Kier molecular flexibility index (Phi) is 3.90. The van der Waals surface area contributed by atoms with Gasteiger partial charge in [-0.05, 0) is 13.8 Å². The highest BCUT2D eigenvalue weighted by molar-refractivity contribution is 8.07. The SMILES string of the molecule is Cn1nc(C(F)(F)F)c(C(F)(F)S(=O)(=O)C2=NOC(C)(C)C2F)n1. The number of rotatable bonds is 2. The Labute approximate surface area is 131 Å². The summed E-state index contributed by atoms with van der Waals surface area (Å²) < 4.78 is 105. The van der Waals surface area contributed by atoms with E-state index in [-0.39, 0.29) is 4.80 Å². The zero-order valence-electron chi connectivity index (χ0n) is 12.3. The smallest absolute Gasteiger partial charge is 0.385 e. The van der Waals surface area contributed by atoms with Crippen LogP contribution in [-0.4, -0.2) is 40.2 Å². The predicted molar refractivity (Wildman–Crippen MR) is 66.3 cm³/mol.